The molecule has 0 unspecified atom stereocenters. The van der Waals surface area contributed by atoms with Crippen LogP contribution >= 0.6 is 11.6 Å². The van der Waals surface area contributed by atoms with E-state index in [2.05, 4.69) is 21.5 Å². The minimum atomic E-state index is -0.762. The number of halogens is 2. The first-order valence-corrected chi connectivity index (χ1v) is 11.2. The number of carbonyl (C=O) groups excluding carboxylic acids is 2. The highest BCUT2D eigenvalue weighted by Crippen LogP contribution is 2.24. The van der Waals surface area contributed by atoms with E-state index in [1.807, 2.05) is 4.90 Å². The number of terminal acetylenes is 1. The molecule has 1 aromatic heterocycles. The predicted molar refractivity (Wildman–Crippen MR) is 134 cm³/mol. The van der Waals surface area contributed by atoms with E-state index >= 15 is 0 Å². The fraction of sp³-hybridized carbons (Fsp3) is 0.154. The Hall–Kier alpha value is -4.22. The number of amides is 2. The summed E-state index contributed by atoms with van der Waals surface area (Å²) in [6, 6.07) is 11.6. The van der Waals surface area contributed by atoms with Crippen molar-refractivity contribution in [2.45, 2.75) is 12.8 Å². The van der Waals surface area contributed by atoms with Crippen LogP contribution in [0.2, 0.25) is 5.02 Å². The molecule has 4 rings (SSSR count). The summed E-state index contributed by atoms with van der Waals surface area (Å²) < 4.78 is 14.8. The third-order valence-electron chi connectivity index (χ3n) is 5.56. The lowest BCUT2D eigenvalue weighted by atomic mass is 10.1. The Bertz CT molecular complexity index is 1340. The molecule has 176 valence electrons. The van der Waals surface area contributed by atoms with Gasteiger partial charge in [0, 0.05) is 35.4 Å². The van der Waals surface area contributed by atoms with Gasteiger partial charge in [-0.2, -0.15) is 0 Å². The van der Waals surface area contributed by atoms with Crippen molar-refractivity contribution in [1.82, 2.24) is 9.88 Å². The van der Waals surface area contributed by atoms with Crippen molar-refractivity contribution in [3.8, 4) is 12.3 Å². The van der Waals surface area contributed by atoms with Crippen molar-refractivity contribution >= 4 is 40.8 Å². The molecule has 0 bridgehead atoms. The van der Waals surface area contributed by atoms with Crippen LogP contribution in [-0.4, -0.2) is 40.6 Å². The molecular formula is C26H21ClFN5O2. The van der Waals surface area contributed by atoms with Crippen LogP contribution in [0.15, 0.2) is 54.7 Å². The number of anilines is 2. The molecule has 0 saturated carbocycles. The summed E-state index contributed by atoms with van der Waals surface area (Å²) in [5.74, 6) is 0.850. The fourth-order valence-corrected chi connectivity index (χ4v) is 3.88. The average Bonchev–Trinajstić information content (AvgIpc) is 3.40. The van der Waals surface area contributed by atoms with Gasteiger partial charge in [0.05, 0.1) is 16.8 Å². The first-order chi connectivity index (χ1) is 16.9. The quantitative estimate of drug-likeness (QED) is 0.273. The molecule has 7 nitrogen and oxygen atoms in total. The number of pyridine rings is 1. The first-order valence-electron chi connectivity index (χ1n) is 10.8. The van der Waals surface area contributed by atoms with Gasteiger partial charge in [-0.15, -0.1) is 6.42 Å². The average molecular weight is 490 g/mol. The normalized spacial score (nSPS) is 12.7. The number of benzene rings is 2. The van der Waals surface area contributed by atoms with Gasteiger partial charge in [-0.1, -0.05) is 23.6 Å². The zero-order valence-electron chi connectivity index (χ0n) is 18.6. The summed E-state index contributed by atoms with van der Waals surface area (Å²) in [4.78, 5) is 31.7. The van der Waals surface area contributed by atoms with Gasteiger partial charge in [0.1, 0.15) is 17.5 Å². The molecule has 0 radical (unpaired) electrons. The maximum atomic E-state index is 14.8. The predicted octanol–water partition coefficient (Wildman–Crippen LogP) is 4.78. The molecule has 2 amide bonds. The van der Waals surface area contributed by atoms with Crippen LogP contribution in [0.5, 0.6) is 0 Å². The number of carbonyl (C=O) groups is 2. The highest BCUT2D eigenvalue weighted by Gasteiger charge is 2.21. The Morgan fingerprint density at radius 2 is 1.77 bits per heavy atom. The minimum absolute atomic E-state index is 0.0708. The SMILES string of the molecule is C#Cc1ccc(NC(=O)c2cc(Cl)ccc2NC(=O)c2ccc(C(=N)N3CCCC3)cc2F)nc1. The number of aromatic nitrogens is 1. The molecular weight excluding hydrogens is 469 g/mol. The number of hydrogen-bond donors (Lipinski definition) is 3. The highest BCUT2D eigenvalue weighted by molar-refractivity contribution is 6.31. The van der Waals surface area contributed by atoms with Crippen molar-refractivity contribution in [1.29, 1.82) is 5.41 Å². The van der Waals surface area contributed by atoms with Crippen molar-refractivity contribution < 1.29 is 14.0 Å². The van der Waals surface area contributed by atoms with Gasteiger partial charge >= 0.3 is 0 Å². The van der Waals surface area contributed by atoms with Crippen molar-refractivity contribution in [2.24, 2.45) is 0 Å². The molecule has 1 fully saturated rings. The second-order valence-electron chi connectivity index (χ2n) is 7.91. The van der Waals surface area contributed by atoms with Gasteiger partial charge in [0.2, 0.25) is 0 Å². The summed E-state index contributed by atoms with van der Waals surface area (Å²) in [5.41, 5.74) is 0.959. The molecule has 1 saturated heterocycles. The van der Waals surface area contributed by atoms with Crippen LogP contribution in [0.1, 0.15) is 44.7 Å². The fourth-order valence-electron chi connectivity index (χ4n) is 3.71. The van der Waals surface area contributed by atoms with E-state index in [9.17, 15) is 14.0 Å². The number of nitrogens with one attached hydrogen (secondary N) is 3. The van der Waals surface area contributed by atoms with E-state index in [1.165, 1.54) is 36.5 Å². The Morgan fingerprint density at radius 3 is 2.43 bits per heavy atom. The van der Waals surface area contributed by atoms with Crippen LogP contribution in [-0.2, 0) is 0 Å². The Morgan fingerprint density at radius 1 is 1.03 bits per heavy atom. The van der Waals surface area contributed by atoms with E-state index in [0.29, 0.717) is 11.1 Å². The van der Waals surface area contributed by atoms with E-state index in [1.54, 1.807) is 18.2 Å². The Labute approximate surface area is 206 Å². The molecule has 0 aliphatic carbocycles. The van der Waals surface area contributed by atoms with Crippen LogP contribution in [0.4, 0.5) is 15.9 Å². The largest absolute Gasteiger partial charge is 0.357 e. The molecule has 0 spiro atoms. The monoisotopic (exact) mass is 489 g/mol. The molecule has 3 N–H and O–H groups in total. The molecule has 3 aromatic rings. The topological polar surface area (TPSA) is 98.2 Å². The maximum Gasteiger partial charge on any atom is 0.258 e. The molecule has 0 atom stereocenters. The third kappa shape index (κ3) is 5.48. The van der Waals surface area contributed by atoms with Gasteiger partial charge in [-0.3, -0.25) is 15.0 Å². The van der Waals surface area contributed by atoms with Gasteiger partial charge in [0.25, 0.3) is 11.8 Å². The number of rotatable bonds is 5. The highest BCUT2D eigenvalue weighted by atomic mass is 35.5. The Kier molecular flexibility index (Phi) is 7.09. The second-order valence-corrected chi connectivity index (χ2v) is 8.35. The van der Waals surface area contributed by atoms with E-state index in [-0.39, 0.29) is 33.5 Å². The minimum Gasteiger partial charge on any atom is -0.357 e. The van der Waals surface area contributed by atoms with Crippen LogP contribution in [0.25, 0.3) is 0 Å². The van der Waals surface area contributed by atoms with E-state index in [4.69, 9.17) is 23.4 Å². The Balaban J connectivity index is 1.52. The summed E-state index contributed by atoms with van der Waals surface area (Å²) in [7, 11) is 0. The molecule has 1 aliphatic rings. The zero-order valence-corrected chi connectivity index (χ0v) is 19.3. The van der Waals surface area contributed by atoms with E-state index < -0.39 is 17.6 Å². The smallest absolute Gasteiger partial charge is 0.258 e. The number of amidine groups is 1. The summed E-state index contributed by atoms with van der Waals surface area (Å²) in [6.45, 7) is 1.52. The van der Waals surface area contributed by atoms with Crippen LogP contribution in [0, 0.1) is 23.6 Å². The van der Waals surface area contributed by atoms with E-state index in [0.717, 1.165) is 25.9 Å². The first kappa shape index (κ1) is 23.9. The molecule has 2 heterocycles. The van der Waals surface area contributed by atoms with Gasteiger partial charge in [-0.05, 0) is 55.3 Å². The summed E-state index contributed by atoms with van der Waals surface area (Å²) >= 11 is 6.07. The molecule has 1 aliphatic heterocycles. The van der Waals surface area contributed by atoms with Crippen LogP contribution in [0.3, 0.4) is 0 Å². The third-order valence-corrected chi connectivity index (χ3v) is 5.79. The molecule has 2 aromatic carbocycles. The maximum absolute atomic E-state index is 14.8. The van der Waals surface area contributed by atoms with Gasteiger partial charge < -0.3 is 15.5 Å². The molecule has 35 heavy (non-hydrogen) atoms. The van der Waals surface area contributed by atoms with Crippen molar-refractivity contribution in [3.05, 3.63) is 87.8 Å². The standard InChI is InChI=1S/C26H21ClFN5O2/c1-2-16-5-10-23(30-15-16)32-26(35)20-14-18(27)7-9-22(20)31-25(34)19-8-6-17(13-21(19)28)24(29)33-11-3-4-12-33/h1,5-10,13-15,29H,3-4,11-12H2,(H,31,34)(H,30,32,35). The summed E-state index contributed by atoms with van der Waals surface area (Å²) in [6.07, 6.45) is 8.74. The van der Waals surface area contributed by atoms with Gasteiger partial charge in [0.15, 0.2) is 0 Å². The van der Waals surface area contributed by atoms with Crippen LogP contribution < -0.4 is 10.6 Å². The lowest BCUT2D eigenvalue weighted by molar-refractivity contribution is 0.102. The lowest BCUT2D eigenvalue weighted by Crippen LogP contribution is -2.28. The van der Waals surface area contributed by atoms with Crippen molar-refractivity contribution in [3.63, 3.8) is 0 Å². The number of nitrogens with zero attached hydrogens (tertiary/aromatic N) is 2. The number of hydrogen-bond acceptors (Lipinski definition) is 4. The summed E-state index contributed by atoms with van der Waals surface area (Å²) in [5, 5.41) is 13.7. The van der Waals surface area contributed by atoms with Gasteiger partial charge in [-0.25, -0.2) is 9.37 Å². The zero-order chi connectivity index (χ0) is 24.9. The molecule has 9 heteroatoms. The number of likely N-dealkylation sites (tertiary alicyclic amines) is 1. The second kappa shape index (κ2) is 10.4. The lowest BCUT2D eigenvalue weighted by Gasteiger charge is -2.19. The van der Waals surface area contributed by atoms with Crippen molar-refractivity contribution in [2.75, 3.05) is 23.7 Å².